The van der Waals surface area contributed by atoms with E-state index in [2.05, 4.69) is 148 Å². The van der Waals surface area contributed by atoms with Gasteiger partial charge in [0.2, 0.25) is 0 Å². The van der Waals surface area contributed by atoms with E-state index in [9.17, 15) is 0 Å². The van der Waals surface area contributed by atoms with Crippen LogP contribution < -0.4 is 4.90 Å². The summed E-state index contributed by atoms with van der Waals surface area (Å²) in [6.45, 7) is 9.85. The zero-order chi connectivity index (χ0) is 32.9. The molecule has 5 aromatic carbocycles. The summed E-state index contributed by atoms with van der Waals surface area (Å²) in [6.07, 6.45) is 8.27. The first-order valence-corrected chi connectivity index (χ1v) is 19.1. The smallest absolute Gasteiger partial charge is 0.0502 e. The summed E-state index contributed by atoms with van der Waals surface area (Å²) < 4.78 is 0. The second-order valence-electron chi connectivity index (χ2n) is 18.1. The van der Waals surface area contributed by atoms with Crippen molar-refractivity contribution in [2.75, 3.05) is 4.90 Å². The fourth-order valence-electron chi connectivity index (χ4n) is 13.2. The highest BCUT2D eigenvalue weighted by molar-refractivity contribution is 5.90. The van der Waals surface area contributed by atoms with Crippen molar-refractivity contribution in [2.45, 2.75) is 82.5 Å². The largest absolute Gasteiger partial charge is 0.310 e. The van der Waals surface area contributed by atoms with Crippen LogP contribution >= 0.6 is 0 Å². The van der Waals surface area contributed by atoms with Crippen molar-refractivity contribution in [3.05, 3.63) is 138 Å². The highest BCUT2D eigenvalue weighted by atomic mass is 15.1. The van der Waals surface area contributed by atoms with E-state index in [1.165, 1.54) is 89.0 Å². The van der Waals surface area contributed by atoms with Gasteiger partial charge in [0, 0.05) is 16.8 Å². The molecule has 0 heterocycles. The van der Waals surface area contributed by atoms with Crippen LogP contribution in [0.5, 0.6) is 0 Å². The molecule has 2 spiro atoms. The zero-order valence-corrected chi connectivity index (χ0v) is 29.5. The molecule has 1 heteroatoms. The fraction of sp³-hybridized carbons (Fsp3) is 0.375. The second kappa shape index (κ2) is 9.36. The first-order valence-electron chi connectivity index (χ1n) is 19.1. The molecule has 4 saturated carbocycles. The van der Waals surface area contributed by atoms with Crippen LogP contribution in [0.25, 0.3) is 22.3 Å². The molecule has 0 amide bonds. The highest BCUT2D eigenvalue weighted by Gasteiger charge is 2.84. The fourth-order valence-corrected chi connectivity index (χ4v) is 13.2. The van der Waals surface area contributed by atoms with Crippen molar-refractivity contribution >= 4 is 17.1 Å². The quantitative estimate of drug-likeness (QED) is 0.189. The van der Waals surface area contributed by atoms with Crippen molar-refractivity contribution in [2.24, 2.45) is 29.1 Å². The van der Waals surface area contributed by atoms with E-state index in [4.69, 9.17) is 0 Å². The molecule has 5 aromatic rings. The summed E-state index contributed by atoms with van der Waals surface area (Å²) in [7, 11) is 0. The predicted molar refractivity (Wildman–Crippen MR) is 203 cm³/mol. The summed E-state index contributed by atoms with van der Waals surface area (Å²) in [4.78, 5) is 2.62. The number of benzene rings is 5. The number of hydrogen-bond acceptors (Lipinski definition) is 1. The van der Waals surface area contributed by atoms with Gasteiger partial charge in [-0.3, -0.25) is 0 Å². The molecular weight excluding hydrogens is 591 g/mol. The van der Waals surface area contributed by atoms with Gasteiger partial charge in [-0.25, -0.2) is 0 Å². The molecule has 6 atom stereocenters. The summed E-state index contributed by atoms with van der Waals surface area (Å²) in [5.41, 5.74) is 16.9. The maximum Gasteiger partial charge on any atom is 0.0502 e. The van der Waals surface area contributed by atoms with Crippen molar-refractivity contribution in [1.29, 1.82) is 0 Å². The van der Waals surface area contributed by atoms with E-state index in [1.807, 2.05) is 0 Å². The second-order valence-corrected chi connectivity index (χ2v) is 18.1. The van der Waals surface area contributed by atoms with Crippen molar-refractivity contribution in [1.82, 2.24) is 0 Å². The van der Waals surface area contributed by atoms with Crippen molar-refractivity contribution in [3.63, 3.8) is 0 Å². The van der Waals surface area contributed by atoms with Crippen LogP contribution in [-0.2, 0) is 16.2 Å². The number of rotatable bonds is 4. The maximum atomic E-state index is 2.68. The highest BCUT2D eigenvalue weighted by Crippen LogP contribution is 2.89. The van der Waals surface area contributed by atoms with Gasteiger partial charge in [0.05, 0.1) is 5.69 Å². The number of fused-ring (bicyclic) bond motifs is 9. The summed E-state index contributed by atoms with van der Waals surface area (Å²) in [5.74, 6) is 3.50. The molecule has 6 aliphatic rings. The van der Waals surface area contributed by atoms with Crippen molar-refractivity contribution < 1.29 is 0 Å². The van der Waals surface area contributed by atoms with Gasteiger partial charge < -0.3 is 4.90 Å². The van der Waals surface area contributed by atoms with E-state index < -0.39 is 0 Å². The third-order valence-corrected chi connectivity index (χ3v) is 15.2. The number of nitrogens with zero attached hydrogens (tertiary/aromatic N) is 1. The normalized spacial score (nSPS) is 31.3. The molecule has 244 valence electrons. The zero-order valence-electron chi connectivity index (χ0n) is 29.5. The summed E-state index contributed by atoms with van der Waals surface area (Å²) in [5, 5.41) is 0. The monoisotopic (exact) mass is 637 g/mol. The lowest BCUT2D eigenvalue weighted by Crippen LogP contribution is -2.73. The Morgan fingerprint density at radius 3 is 2.10 bits per heavy atom. The van der Waals surface area contributed by atoms with Crippen LogP contribution in [-0.4, -0.2) is 0 Å². The van der Waals surface area contributed by atoms with Crippen LogP contribution in [0.3, 0.4) is 0 Å². The standard InChI is InChI=1S/C48H47N/c1-45(2)22-23-46(3,4)44-39(45)16-11-17-41(44)49(34-14-9-6-10-15-34)35-19-20-36-37-26-32(31-12-7-5-8-13-31)18-21-38(37)48(40(36)28-35)42-25-30-24-33-27-43(48)47(33,42)29-30/h5-21,26,28,30,33,42-43H,22-25,27,29H2,1-4H3. The van der Waals surface area contributed by atoms with Gasteiger partial charge >= 0.3 is 0 Å². The minimum absolute atomic E-state index is 0.0981. The predicted octanol–water partition coefficient (Wildman–Crippen LogP) is 12.5. The van der Waals surface area contributed by atoms with Crippen molar-refractivity contribution in [3.8, 4) is 22.3 Å². The van der Waals surface area contributed by atoms with Gasteiger partial charge in [-0.05, 0) is 159 Å². The SMILES string of the molecule is CC1(C)CCC(C)(C)c2c(N(c3ccccc3)c3ccc4c(c3)C3(c5ccc(-c6ccccc6)cc5-4)C4CC5CC6CC3C64C5)cccc21. The first-order chi connectivity index (χ1) is 23.7. The van der Waals surface area contributed by atoms with Gasteiger partial charge in [0.25, 0.3) is 0 Å². The Bertz CT molecular complexity index is 2170. The van der Waals surface area contributed by atoms with Crippen LogP contribution in [0.15, 0.2) is 115 Å². The van der Waals surface area contributed by atoms with E-state index in [-0.39, 0.29) is 16.2 Å². The molecule has 0 radical (unpaired) electrons. The molecule has 6 unspecified atom stereocenters. The molecule has 4 fully saturated rings. The average Bonchev–Trinajstić information content (AvgIpc) is 3.74. The lowest BCUT2D eigenvalue weighted by Gasteiger charge is -2.76. The minimum atomic E-state index is 0.0981. The van der Waals surface area contributed by atoms with Crippen LogP contribution in [0.1, 0.15) is 88.5 Å². The molecule has 0 aromatic heterocycles. The van der Waals surface area contributed by atoms with Gasteiger partial charge in [-0.15, -0.1) is 0 Å². The molecule has 0 saturated heterocycles. The van der Waals surface area contributed by atoms with Gasteiger partial charge in [-0.2, -0.15) is 0 Å². The first kappa shape index (κ1) is 28.7. The summed E-state index contributed by atoms with van der Waals surface area (Å²) in [6, 6.07) is 44.5. The molecule has 2 bridgehead atoms. The Morgan fingerprint density at radius 2 is 1.31 bits per heavy atom. The average molecular weight is 638 g/mol. The summed E-state index contributed by atoms with van der Waals surface area (Å²) >= 11 is 0. The number of hydrogen-bond donors (Lipinski definition) is 0. The van der Waals surface area contributed by atoms with Crippen LogP contribution in [0.2, 0.25) is 0 Å². The Balaban J connectivity index is 1.14. The maximum absolute atomic E-state index is 2.68. The molecule has 0 aliphatic heterocycles. The molecular formula is C48H47N. The topological polar surface area (TPSA) is 3.24 Å². The number of para-hydroxylation sites is 1. The Hall–Kier alpha value is -4.10. The van der Waals surface area contributed by atoms with E-state index in [0.29, 0.717) is 5.41 Å². The van der Waals surface area contributed by atoms with E-state index >= 15 is 0 Å². The third kappa shape index (κ3) is 3.43. The van der Waals surface area contributed by atoms with Crippen LogP contribution in [0.4, 0.5) is 17.1 Å². The molecule has 49 heavy (non-hydrogen) atoms. The minimum Gasteiger partial charge on any atom is -0.310 e. The Morgan fingerprint density at radius 1 is 0.551 bits per heavy atom. The Kier molecular flexibility index (Phi) is 5.49. The Labute approximate surface area is 292 Å². The van der Waals surface area contributed by atoms with Gasteiger partial charge in [-0.1, -0.05) is 107 Å². The molecule has 6 aliphatic carbocycles. The van der Waals surface area contributed by atoms with Gasteiger partial charge in [0.1, 0.15) is 0 Å². The molecule has 1 nitrogen and oxygen atoms in total. The lowest BCUT2D eigenvalue weighted by atomic mass is 9.27. The molecule has 11 rings (SSSR count). The van der Waals surface area contributed by atoms with E-state index in [1.54, 1.807) is 11.1 Å². The lowest BCUT2D eigenvalue weighted by molar-refractivity contribution is -0.231. The molecule has 0 N–H and O–H groups in total. The third-order valence-electron chi connectivity index (χ3n) is 15.2. The van der Waals surface area contributed by atoms with E-state index in [0.717, 1.165) is 23.7 Å². The number of anilines is 3. The van der Waals surface area contributed by atoms with Gasteiger partial charge in [0.15, 0.2) is 0 Å². The van der Waals surface area contributed by atoms with Crippen LogP contribution in [0, 0.1) is 29.1 Å².